The Balaban J connectivity index is 0. The van der Waals surface area contributed by atoms with Crippen molar-refractivity contribution in [1.82, 2.24) is 0 Å². The summed E-state index contributed by atoms with van der Waals surface area (Å²) in [7, 11) is 0. The molecule has 2 heteroatoms. The van der Waals surface area contributed by atoms with Gasteiger partial charge in [0.25, 0.3) is 0 Å². The Hall–Kier alpha value is 0.250. The van der Waals surface area contributed by atoms with Gasteiger partial charge in [0.15, 0.2) is 0 Å². The Morgan fingerprint density at radius 1 is 0.300 bits per heavy atom. The summed E-state index contributed by atoms with van der Waals surface area (Å²) in [6.45, 7) is 8.13. The van der Waals surface area contributed by atoms with E-state index in [1.165, 1.54) is 218 Å². The fourth-order valence-electron chi connectivity index (χ4n) is 6.71. The lowest BCUT2D eigenvalue weighted by Gasteiger charge is -2.31. The first kappa shape index (κ1) is 42.4. The molecule has 0 bridgehead atoms. The van der Waals surface area contributed by atoms with E-state index >= 15 is 0 Å². The Labute approximate surface area is 262 Å². The fourth-order valence-corrected chi connectivity index (χ4v) is 6.71. The molecule has 0 spiro atoms. The predicted molar refractivity (Wildman–Crippen MR) is 180 cm³/mol. The summed E-state index contributed by atoms with van der Waals surface area (Å²) < 4.78 is 0. The van der Waals surface area contributed by atoms with Crippen molar-refractivity contribution in [3.63, 3.8) is 0 Å². The van der Waals surface area contributed by atoms with Gasteiger partial charge in [0.2, 0.25) is 0 Å². The molecule has 0 saturated carbocycles. The van der Waals surface area contributed by atoms with E-state index in [1.54, 1.807) is 0 Å². The Morgan fingerprint density at radius 3 is 0.650 bits per heavy atom. The van der Waals surface area contributed by atoms with E-state index in [0.717, 1.165) is 0 Å². The maximum Gasteiger partial charge on any atom is 0.0796 e. The molecule has 0 unspecified atom stereocenters. The Kier molecular flexibility index (Phi) is 37.6. The molecule has 3 N–H and O–H groups in total. The maximum atomic E-state index is 4.55. The molecule has 1 nitrogen and oxygen atoms in total. The van der Waals surface area contributed by atoms with Crippen LogP contribution in [0.25, 0.3) is 0 Å². The van der Waals surface area contributed by atoms with E-state index in [2.05, 4.69) is 26.5 Å². The largest absolute Gasteiger partial charge is 1.00 e. The van der Waals surface area contributed by atoms with Gasteiger partial charge in [-0.25, -0.2) is 0 Å². The molecule has 0 amide bonds. The molecule has 0 aliphatic carbocycles. The second-order valence-corrected chi connectivity index (χ2v) is 13.5. The van der Waals surface area contributed by atoms with Crippen molar-refractivity contribution in [3.8, 4) is 0 Å². The summed E-state index contributed by atoms with van der Waals surface area (Å²) in [5, 5.41) is 0. The average Bonchev–Trinajstić information content (AvgIpc) is 2.95. The van der Waals surface area contributed by atoms with E-state index in [-0.39, 0.29) is 12.4 Å². The highest BCUT2D eigenvalue weighted by molar-refractivity contribution is 4.79. The molecule has 0 fully saturated rings. The molecule has 0 aromatic heterocycles. The molecular formula is C38H80ClN. The number of quaternary nitrogens is 1. The van der Waals surface area contributed by atoms with Crippen molar-refractivity contribution in [2.24, 2.45) is 5.41 Å². The van der Waals surface area contributed by atoms with Crippen LogP contribution in [0.1, 0.15) is 233 Å². The zero-order chi connectivity index (χ0) is 28.5. The van der Waals surface area contributed by atoms with Crippen molar-refractivity contribution in [3.05, 3.63) is 0 Å². The summed E-state index contributed by atoms with van der Waals surface area (Å²) in [5.41, 5.74) is 5.11. The summed E-state index contributed by atoms with van der Waals surface area (Å²) in [6.07, 6.45) is 48.0. The van der Waals surface area contributed by atoms with Crippen molar-refractivity contribution < 1.29 is 18.1 Å². The monoisotopic (exact) mass is 586 g/mol. The van der Waals surface area contributed by atoms with Crippen molar-refractivity contribution >= 4 is 0 Å². The molecule has 0 aromatic rings. The van der Waals surface area contributed by atoms with Gasteiger partial charge in [-0.2, -0.15) is 0 Å². The molecule has 0 atom stereocenters. The van der Waals surface area contributed by atoms with Gasteiger partial charge in [-0.15, -0.1) is 0 Å². The van der Waals surface area contributed by atoms with Gasteiger partial charge in [-0.1, -0.05) is 213 Å². The van der Waals surface area contributed by atoms with Gasteiger partial charge in [0.1, 0.15) is 0 Å². The normalized spacial score (nSPS) is 11.7. The molecule has 0 heterocycles. The van der Waals surface area contributed by atoms with E-state index in [4.69, 9.17) is 0 Å². The third-order valence-electron chi connectivity index (χ3n) is 9.71. The summed E-state index contributed by atoms with van der Waals surface area (Å²) in [6, 6.07) is 0. The van der Waals surface area contributed by atoms with Gasteiger partial charge in [0.05, 0.1) is 6.54 Å². The maximum absolute atomic E-state index is 4.55. The first-order chi connectivity index (χ1) is 19.2. The smallest absolute Gasteiger partial charge is 0.0796 e. The first-order valence-electron chi connectivity index (χ1n) is 19.0. The predicted octanol–water partition coefficient (Wildman–Crippen LogP) is 10.2. The quantitative estimate of drug-likeness (QED) is 0.0727. The minimum absolute atomic E-state index is 0. The third kappa shape index (κ3) is 29.7. The van der Waals surface area contributed by atoms with E-state index in [0.29, 0.717) is 5.41 Å². The molecule has 0 saturated heterocycles. The molecule has 0 aliphatic rings. The van der Waals surface area contributed by atoms with Crippen LogP contribution in [0.4, 0.5) is 0 Å². The summed E-state index contributed by atoms with van der Waals surface area (Å²) in [4.78, 5) is 0. The van der Waals surface area contributed by atoms with Gasteiger partial charge in [-0.05, 0) is 19.3 Å². The van der Waals surface area contributed by atoms with Crippen LogP contribution in [-0.2, 0) is 0 Å². The van der Waals surface area contributed by atoms with Crippen LogP contribution in [0.5, 0.6) is 0 Å². The molecule has 0 aliphatic heterocycles. The van der Waals surface area contributed by atoms with Crippen LogP contribution in [0.2, 0.25) is 0 Å². The lowest BCUT2D eigenvalue weighted by Crippen LogP contribution is -3.00. The van der Waals surface area contributed by atoms with Crippen molar-refractivity contribution in [1.29, 1.82) is 0 Å². The topological polar surface area (TPSA) is 27.6 Å². The van der Waals surface area contributed by atoms with Crippen molar-refractivity contribution in [2.45, 2.75) is 233 Å². The highest BCUT2D eigenvalue weighted by atomic mass is 35.5. The minimum atomic E-state index is 0. The van der Waals surface area contributed by atoms with Crippen LogP contribution in [0.15, 0.2) is 0 Å². The van der Waals surface area contributed by atoms with Crippen LogP contribution >= 0.6 is 0 Å². The number of halogens is 1. The highest BCUT2D eigenvalue weighted by Gasteiger charge is 2.29. The van der Waals surface area contributed by atoms with Gasteiger partial charge >= 0.3 is 0 Å². The molecule has 40 heavy (non-hydrogen) atoms. The van der Waals surface area contributed by atoms with Crippen molar-refractivity contribution in [2.75, 3.05) is 6.54 Å². The van der Waals surface area contributed by atoms with Crippen LogP contribution in [0.3, 0.4) is 0 Å². The standard InChI is InChI=1S/C38H79N.ClH/c1-4-7-10-13-16-19-22-25-28-31-34-38(37-39,35-32-29-26-23-20-17-14-11-8-5-2)36-33-30-27-24-21-18-15-12-9-6-3;/h4-37,39H2,1-3H3;1H. The second-order valence-electron chi connectivity index (χ2n) is 13.5. The number of hydrogen-bond donors (Lipinski definition) is 1. The lowest BCUT2D eigenvalue weighted by atomic mass is 9.74. The number of unbranched alkanes of at least 4 members (excludes halogenated alkanes) is 27. The fraction of sp³-hybridized carbons (Fsp3) is 1.00. The third-order valence-corrected chi connectivity index (χ3v) is 9.71. The molecule has 0 radical (unpaired) electrons. The molecule has 0 aromatic carbocycles. The van der Waals surface area contributed by atoms with E-state index in [1.807, 2.05) is 0 Å². The van der Waals surface area contributed by atoms with E-state index in [9.17, 15) is 0 Å². The lowest BCUT2D eigenvalue weighted by molar-refractivity contribution is -0.395. The Bertz CT molecular complexity index is 377. The number of hydrogen-bond acceptors (Lipinski definition) is 0. The zero-order valence-electron chi connectivity index (χ0n) is 28.6. The summed E-state index contributed by atoms with van der Waals surface area (Å²) in [5.74, 6) is 0. The highest BCUT2D eigenvalue weighted by Crippen LogP contribution is 2.36. The molecular weight excluding hydrogens is 506 g/mol. The van der Waals surface area contributed by atoms with Crippen LogP contribution in [0, 0.1) is 5.41 Å². The molecule has 244 valence electrons. The molecule has 0 rings (SSSR count). The van der Waals surface area contributed by atoms with E-state index < -0.39 is 0 Å². The van der Waals surface area contributed by atoms with Gasteiger partial charge in [-0.3, -0.25) is 0 Å². The second kappa shape index (κ2) is 35.4. The van der Waals surface area contributed by atoms with Gasteiger partial charge in [0, 0.05) is 5.41 Å². The van der Waals surface area contributed by atoms with Crippen LogP contribution in [-0.4, -0.2) is 6.54 Å². The minimum Gasteiger partial charge on any atom is -1.00 e. The zero-order valence-corrected chi connectivity index (χ0v) is 29.4. The SMILES string of the molecule is CCCCCCCCCCCCC(C[NH3+])(CCCCCCCCCCCC)CCCCCCCCCCCC.[Cl-]. The Morgan fingerprint density at radius 2 is 0.475 bits per heavy atom. The number of rotatable bonds is 34. The first-order valence-corrected chi connectivity index (χ1v) is 19.0. The van der Waals surface area contributed by atoms with Crippen LogP contribution < -0.4 is 18.1 Å². The van der Waals surface area contributed by atoms with Gasteiger partial charge < -0.3 is 18.1 Å². The summed E-state index contributed by atoms with van der Waals surface area (Å²) >= 11 is 0. The average molecular weight is 587 g/mol.